The molecule has 160 valence electrons. The topological polar surface area (TPSA) is 69.7 Å². The third kappa shape index (κ3) is 4.82. The second-order valence-corrected chi connectivity index (χ2v) is 6.34. The molecular weight excluding hydrogens is 403 g/mol. The largest absolute Gasteiger partial charge is 0.493 e. The number of alkyl halides is 3. The smallest absolute Gasteiger partial charge is 0.416 e. The van der Waals surface area contributed by atoms with Gasteiger partial charge < -0.3 is 18.8 Å². The zero-order chi connectivity index (χ0) is 21.7. The number of amides is 1. The van der Waals surface area contributed by atoms with Crippen LogP contribution in [-0.4, -0.2) is 48.0 Å². The first kappa shape index (κ1) is 21.4. The number of nitrogens with zero attached hydrogens (tertiary/aromatic N) is 3. The summed E-state index contributed by atoms with van der Waals surface area (Å²) in [6.45, 7) is 0.716. The highest BCUT2D eigenvalue weighted by Gasteiger charge is 2.31. The Morgan fingerprint density at radius 1 is 1.23 bits per heavy atom. The molecule has 1 aromatic carbocycles. The number of ether oxygens (including phenoxy) is 2. The van der Waals surface area contributed by atoms with Gasteiger partial charge in [-0.2, -0.15) is 18.3 Å². The van der Waals surface area contributed by atoms with E-state index < -0.39 is 17.6 Å². The molecule has 1 amide bonds. The number of rotatable bonds is 8. The Hall–Kier alpha value is -3.27. The van der Waals surface area contributed by atoms with E-state index >= 15 is 0 Å². The Labute approximate surface area is 170 Å². The fraction of sp³-hybridized carbons (Fsp3) is 0.300. The van der Waals surface area contributed by atoms with Crippen molar-refractivity contribution >= 4 is 5.91 Å². The molecule has 0 aliphatic carbocycles. The van der Waals surface area contributed by atoms with Crippen LogP contribution in [0.4, 0.5) is 13.2 Å². The van der Waals surface area contributed by atoms with Crippen LogP contribution in [0, 0.1) is 0 Å². The average molecular weight is 423 g/mol. The van der Waals surface area contributed by atoms with Gasteiger partial charge >= 0.3 is 6.18 Å². The number of aromatic nitrogens is 2. The van der Waals surface area contributed by atoms with E-state index in [2.05, 4.69) is 5.10 Å². The van der Waals surface area contributed by atoms with Gasteiger partial charge in [0.2, 0.25) is 0 Å². The summed E-state index contributed by atoms with van der Waals surface area (Å²) in [6, 6.07) is 8.08. The second kappa shape index (κ2) is 9.04. The van der Waals surface area contributed by atoms with E-state index in [0.717, 1.165) is 12.1 Å². The van der Waals surface area contributed by atoms with Crippen LogP contribution in [-0.2, 0) is 17.5 Å². The van der Waals surface area contributed by atoms with Crippen molar-refractivity contribution in [2.75, 3.05) is 27.4 Å². The predicted octanol–water partition coefficient (Wildman–Crippen LogP) is 3.78. The lowest BCUT2D eigenvalue weighted by Crippen LogP contribution is -2.34. The highest BCUT2D eigenvalue weighted by molar-refractivity contribution is 5.95. The van der Waals surface area contributed by atoms with Crippen molar-refractivity contribution in [3.05, 3.63) is 65.9 Å². The summed E-state index contributed by atoms with van der Waals surface area (Å²) < 4.78 is 55.9. The summed E-state index contributed by atoms with van der Waals surface area (Å²) in [7, 11) is 2.87. The Kier molecular flexibility index (Phi) is 6.46. The first-order chi connectivity index (χ1) is 14.3. The standard InChI is InChI=1S/C20H20F3N3O4/c1-28-10-8-25(12-16-7-4-9-30-16)19(27)18-17(29-2)13-26(24-18)15-6-3-5-14(11-15)20(21,22)23/h3-7,9,11,13H,8,10,12H2,1-2H3. The van der Waals surface area contributed by atoms with Gasteiger partial charge in [-0.1, -0.05) is 6.07 Å². The summed E-state index contributed by atoms with van der Waals surface area (Å²) in [5, 5.41) is 4.19. The minimum absolute atomic E-state index is 0.0300. The summed E-state index contributed by atoms with van der Waals surface area (Å²) in [6.07, 6.45) is -1.63. The van der Waals surface area contributed by atoms with Gasteiger partial charge in [0, 0.05) is 13.7 Å². The van der Waals surface area contributed by atoms with Gasteiger partial charge in [0.25, 0.3) is 5.91 Å². The van der Waals surface area contributed by atoms with Crippen LogP contribution in [0.25, 0.3) is 5.69 Å². The minimum Gasteiger partial charge on any atom is -0.493 e. The van der Waals surface area contributed by atoms with Gasteiger partial charge in [0.1, 0.15) is 5.76 Å². The van der Waals surface area contributed by atoms with E-state index in [1.165, 1.54) is 48.4 Å². The zero-order valence-corrected chi connectivity index (χ0v) is 16.3. The molecule has 0 atom stereocenters. The lowest BCUT2D eigenvalue weighted by atomic mass is 10.2. The van der Waals surface area contributed by atoms with Gasteiger partial charge in [-0.15, -0.1) is 0 Å². The molecule has 0 saturated heterocycles. The van der Waals surface area contributed by atoms with Crippen LogP contribution in [0.1, 0.15) is 21.8 Å². The van der Waals surface area contributed by atoms with Crippen molar-refractivity contribution < 1.29 is 31.9 Å². The van der Waals surface area contributed by atoms with Crippen LogP contribution >= 0.6 is 0 Å². The maximum Gasteiger partial charge on any atom is 0.416 e. The Balaban J connectivity index is 1.93. The average Bonchev–Trinajstić information content (AvgIpc) is 3.39. The van der Waals surface area contributed by atoms with E-state index in [-0.39, 0.29) is 36.8 Å². The summed E-state index contributed by atoms with van der Waals surface area (Å²) in [5.74, 6) is 0.237. The molecule has 0 aliphatic heterocycles. The summed E-state index contributed by atoms with van der Waals surface area (Å²) in [5.41, 5.74) is -0.698. The summed E-state index contributed by atoms with van der Waals surface area (Å²) >= 11 is 0. The molecule has 0 radical (unpaired) electrons. The van der Waals surface area contributed by atoms with Gasteiger partial charge in [-0.05, 0) is 30.3 Å². The highest BCUT2D eigenvalue weighted by atomic mass is 19.4. The van der Waals surface area contributed by atoms with E-state index in [9.17, 15) is 18.0 Å². The number of hydrogen-bond acceptors (Lipinski definition) is 5. The number of carbonyl (C=O) groups is 1. The molecule has 0 spiro atoms. The number of halogens is 3. The molecule has 10 heteroatoms. The van der Waals surface area contributed by atoms with Crippen molar-refractivity contribution in [1.82, 2.24) is 14.7 Å². The monoisotopic (exact) mass is 423 g/mol. The van der Waals surface area contributed by atoms with Crippen LogP contribution in [0.5, 0.6) is 5.75 Å². The molecule has 2 heterocycles. The quantitative estimate of drug-likeness (QED) is 0.552. The van der Waals surface area contributed by atoms with Crippen molar-refractivity contribution in [2.45, 2.75) is 12.7 Å². The normalized spacial score (nSPS) is 11.5. The second-order valence-electron chi connectivity index (χ2n) is 6.34. The fourth-order valence-electron chi connectivity index (χ4n) is 2.81. The van der Waals surface area contributed by atoms with Gasteiger partial charge in [0.05, 0.1) is 44.0 Å². The molecule has 2 aromatic heterocycles. The molecule has 0 bridgehead atoms. The van der Waals surface area contributed by atoms with Crippen molar-refractivity contribution in [1.29, 1.82) is 0 Å². The van der Waals surface area contributed by atoms with Crippen molar-refractivity contribution in [2.24, 2.45) is 0 Å². The van der Waals surface area contributed by atoms with Gasteiger partial charge in [-0.3, -0.25) is 4.79 Å². The predicted molar refractivity (Wildman–Crippen MR) is 100 cm³/mol. The van der Waals surface area contributed by atoms with E-state index in [4.69, 9.17) is 13.9 Å². The first-order valence-corrected chi connectivity index (χ1v) is 8.95. The molecule has 0 unspecified atom stereocenters. The first-order valence-electron chi connectivity index (χ1n) is 8.95. The summed E-state index contributed by atoms with van der Waals surface area (Å²) in [4.78, 5) is 14.6. The molecule has 7 nitrogen and oxygen atoms in total. The van der Waals surface area contributed by atoms with E-state index in [1.54, 1.807) is 12.1 Å². The minimum atomic E-state index is -4.49. The number of methoxy groups -OCH3 is 2. The van der Waals surface area contributed by atoms with Gasteiger partial charge in [-0.25, -0.2) is 4.68 Å². The molecule has 3 aromatic rings. The van der Waals surface area contributed by atoms with Crippen LogP contribution in [0.3, 0.4) is 0 Å². The van der Waals surface area contributed by atoms with Crippen LogP contribution in [0.2, 0.25) is 0 Å². The van der Waals surface area contributed by atoms with E-state index in [0.29, 0.717) is 5.76 Å². The third-order valence-corrected chi connectivity index (χ3v) is 4.32. The third-order valence-electron chi connectivity index (χ3n) is 4.32. The molecule has 0 saturated carbocycles. The highest BCUT2D eigenvalue weighted by Crippen LogP contribution is 2.31. The SMILES string of the molecule is COCCN(Cc1ccco1)C(=O)c1nn(-c2cccc(C(F)(F)F)c2)cc1OC. The Morgan fingerprint density at radius 3 is 2.67 bits per heavy atom. The van der Waals surface area contributed by atoms with E-state index in [1.807, 2.05) is 0 Å². The number of furan rings is 1. The Morgan fingerprint density at radius 2 is 2.03 bits per heavy atom. The molecule has 30 heavy (non-hydrogen) atoms. The maximum atomic E-state index is 13.1. The van der Waals surface area contributed by atoms with Crippen molar-refractivity contribution in [3.63, 3.8) is 0 Å². The number of benzene rings is 1. The number of hydrogen-bond donors (Lipinski definition) is 0. The zero-order valence-electron chi connectivity index (χ0n) is 16.3. The van der Waals surface area contributed by atoms with Crippen LogP contribution in [0.15, 0.2) is 53.3 Å². The molecule has 0 aliphatic rings. The van der Waals surface area contributed by atoms with Gasteiger partial charge in [0.15, 0.2) is 11.4 Å². The maximum absolute atomic E-state index is 13.1. The van der Waals surface area contributed by atoms with Crippen molar-refractivity contribution in [3.8, 4) is 11.4 Å². The number of carbonyl (C=O) groups excluding carboxylic acids is 1. The molecule has 3 rings (SSSR count). The van der Waals surface area contributed by atoms with Crippen LogP contribution < -0.4 is 4.74 Å². The molecule has 0 fully saturated rings. The molecular formula is C20H20F3N3O4. The lowest BCUT2D eigenvalue weighted by molar-refractivity contribution is -0.137. The molecule has 0 N–H and O–H groups in total. The fourth-order valence-corrected chi connectivity index (χ4v) is 2.81. The Bertz CT molecular complexity index is 984. The lowest BCUT2D eigenvalue weighted by Gasteiger charge is -2.20.